The summed E-state index contributed by atoms with van der Waals surface area (Å²) in [7, 11) is -3.25. The fraction of sp³-hybridized carbons (Fsp3) is 0.562. The zero-order chi connectivity index (χ0) is 15.9. The minimum atomic E-state index is -3.25. The number of fused-ring (bicyclic) bond motifs is 2. The Balaban J connectivity index is 1.84. The van der Waals surface area contributed by atoms with Gasteiger partial charge in [-0.1, -0.05) is 0 Å². The standard InChI is InChI=1S/C16H21NO4S/c1-22(20,21)15-7-5-11(6-8-15)16(19)17-12-3-2-4-13(17)10-14(18)9-12/h5-8,12-14,18H,2-4,9-10H2,1H3/t12-,13+,14?. The summed E-state index contributed by atoms with van der Waals surface area (Å²) >= 11 is 0. The van der Waals surface area contributed by atoms with E-state index in [0.717, 1.165) is 25.5 Å². The molecule has 1 unspecified atom stereocenters. The fourth-order valence-corrected chi connectivity index (χ4v) is 4.31. The summed E-state index contributed by atoms with van der Waals surface area (Å²) in [6.07, 6.45) is 5.08. The van der Waals surface area contributed by atoms with E-state index in [1.807, 2.05) is 4.90 Å². The van der Waals surface area contributed by atoms with Crippen molar-refractivity contribution in [3.63, 3.8) is 0 Å². The third kappa shape index (κ3) is 2.90. The maximum absolute atomic E-state index is 12.8. The van der Waals surface area contributed by atoms with Crippen LogP contribution in [0.3, 0.4) is 0 Å². The lowest BCUT2D eigenvalue weighted by molar-refractivity contribution is -0.0151. The summed E-state index contributed by atoms with van der Waals surface area (Å²) in [5, 5.41) is 9.91. The summed E-state index contributed by atoms with van der Waals surface area (Å²) in [6.45, 7) is 0. The van der Waals surface area contributed by atoms with E-state index in [1.165, 1.54) is 12.1 Å². The van der Waals surface area contributed by atoms with Gasteiger partial charge in [-0.25, -0.2) is 8.42 Å². The number of hydrogen-bond acceptors (Lipinski definition) is 4. The van der Waals surface area contributed by atoms with Crippen molar-refractivity contribution in [2.45, 2.75) is 55.2 Å². The van der Waals surface area contributed by atoms with Gasteiger partial charge in [-0.15, -0.1) is 0 Å². The van der Waals surface area contributed by atoms with Crippen LogP contribution < -0.4 is 0 Å². The number of aliphatic hydroxyl groups excluding tert-OH is 1. The molecule has 0 radical (unpaired) electrons. The predicted molar refractivity (Wildman–Crippen MR) is 82.4 cm³/mol. The predicted octanol–water partition coefficient (Wildman–Crippen LogP) is 1.61. The van der Waals surface area contributed by atoms with Crippen LogP contribution in [-0.4, -0.2) is 48.8 Å². The third-order valence-corrected chi connectivity index (χ3v) is 5.84. The van der Waals surface area contributed by atoms with Gasteiger partial charge in [0.05, 0.1) is 11.0 Å². The number of aliphatic hydroxyl groups is 1. The highest BCUT2D eigenvalue weighted by molar-refractivity contribution is 7.90. The molecule has 3 rings (SSSR count). The number of hydrogen-bond donors (Lipinski definition) is 1. The zero-order valence-electron chi connectivity index (χ0n) is 12.6. The van der Waals surface area contributed by atoms with Crippen LogP contribution in [0.15, 0.2) is 29.2 Å². The van der Waals surface area contributed by atoms with Crippen molar-refractivity contribution in [3.05, 3.63) is 29.8 Å². The molecular formula is C16H21NO4S. The highest BCUT2D eigenvalue weighted by atomic mass is 32.2. The van der Waals surface area contributed by atoms with Crippen LogP contribution in [0.25, 0.3) is 0 Å². The Hall–Kier alpha value is -1.40. The van der Waals surface area contributed by atoms with Gasteiger partial charge < -0.3 is 10.0 Å². The van der Waals surface area contributed by atoms with Gasteiger partial charge in [0.2, 0.25) is 0 Å². The summed E-state index contributed by atoms with van der Waals surface area (Å²) < 4.78 is 23.0. The lowest BCUT2D eigenvalue weighted by Gasteiger charge is -2.47. The van der Waals surface area contributed by atoms with E-state index in [0.29, 0.717) is 18.4 Å². The molecule has 1 amide bonds. The van der Waals surface area contributed by atoms with Gasteiger partial charge in [-0.2, -0.15) is 0 Å². The molecule has 2 bridgehead atoms. The number of rotatable bonds is 2. The Bertz CT molecular complexity index is 654. The van der Waals surface area contributed by atoms with Crippen LogP contribution in [-0.2, 0) is 9.84 Å². The van der Waals surface area contributed by atoms with Crippen molar-refractivity contribution in [2.24, 2.45) is 0 Å². The van der Waals surface area contributed by atoms with Crippen LogP contribution in [0, 0.1) is 0 Å². The molecule has 1 aromatic carbocycles. The van der Waals surface area contributed by atoms with Gasteiger partial charge >= 0.3 is 0 Å². The number of carbonyl (C=O) groups excluding carboxylic acids is 1. The van der Waals surface area contributed by atoms with E-state index in [4.69, 9.17) is 0 Å². The largest absolute Gasteiger partial charge is 0.393 e. The SMILES string of the molecule is CS(=O)(=O)c1ccc(C(=O)N2[C@@H]3CCC[C@H]2CC(O)C3)cc1. The molecule has 120 valence electrons. The second-order valence-electron chi connectivity index (χ2n) is 6.37. The Kier molecular flexibility index (Phi) is 3.99. The van der Waals surface area contributed by atoms with Gasteiger partial charge in [-0.05, 0) is 56.4 Å². The lowest BCUT2D eigenvalue weighted by atomic mass is 9.82. The second-order valence-corrected chi connectivity index (χ2v) is 8.39. The van der Waals surface area contributed by atoms with Crippen LogP contribution >= 0.6 is 0 Å². The summed E-state index contributed by atoms with van der Waals surface area (Å²) in [5.41, 5.74) is 0.515. The topological polar surface area (TPSA) is 74.7 Å². The first-order valence-electron chi connectivity index (χ1n) is 7.67. The molecule has 22 heavy (non-hydrogen) atoms. The fourth-order valence-electron chi connectivity index (χ4n) is 3.68. The number of carbonyl (C=O) groups is 1. The minimum absolute atomic E-state index is 0.0540. The zero-order valence-corrected chi connectivity index (χ0v) is 13.4. The van der Waals surface area contributed by atoms with Crippen LogP contribution in [0.1, 0.15) is 42.5 Å². The first-order chi connectivity index (χ1) is 10.4. The molecule has 2 saturated heterocycles. The van der Waals surface area contributed by atoms with Crippen LogP contribution in [0.4, 0.5) is 0 Å². The highest BCUT2D eigenvalue weighted by Crippen LogP contribution is 2.35. The van der Waals surface area contributed by atoms with Gasteiger partial charge in [0.25, 0.3) is 5.91 Å². The smallest absolute Gasteiger partial charge is 0.254 e. The van der Waals surface area contributed by atoms with Crippen molar-refractivity contribution >= 4 is 15.7 Å². The molecule has 2 fully saturated rings. The molecule has 2 aliphatic heterocycles. The van der Waals surface area contributed by atoms with Crippen molar-refractivity contribution in [2.75, 3.05) is 6.26 Å². The minimum Gasteiger partial charge on any atom is -0.393 e. The Morgan fingerprint density at radius 2 is 1.68 bits per heavy atom. The normalized spacial score (nSPS) is 28.5. The molecule has 6 heteroatoms. The molecular weight excluding hydrogens is 302 g/mol. The number of piperidine rings is 2. The monoisotopic (exact) mass is 323 g/mol. The Morgan fingerprint density at radius 1 is 1.14 bits per heavy atom. The number of amides is 1. The van der Waals surface area contributed by atoms with Gasteiger partial charge in [0.1, 0.15) is 0 Å². The van der Waals surface area contributed by atoms with E-state index >= 15 is 0 Å². The molecule has 2 aliphatic rings. The summed E-state index contributed by atoms with van der Waals surface area (Å²) in [5.74, 6) is -0.0540. The maximum atomic E-state index is 12.8. The Labute approximate surface area is 130 Å². The van der Waals surface area contributed by atoms with Crippen molar-refractivity contribution in [3.8, 4) is 0 Å². The molecule has 0 aromatic heterocycles. The average Bonchev–Trinajstić information content (AvgIpc) is 2.45. The van der Waals surface area contributed by atoms with E-state index < -0.39 is 9.84 Å². The molecule has 3 atom stereocenters. The van der Waals surface area contributed by atoms with E-state index in [9.17, 15) is 18.3 Å². The first-order valence-corrected chi connectivity index (χ1v) is 9.56. The number of benzene rings is 1. The van der Waals surface area contributed by atoms with Gasteiger partial charge in [0.15, 0.2) is 9.84 Å². The molecule has 0 spiro atoms. The Morgan fingerprint density at radius 3 is 2.18 bits per heavy atom. The van der Waals surface area contributed by atoms with Gasteiger partial charge in [0, 0.05) is 23.9 Å². The van der Waals surface area contributed by atoms with E-state index in [1.54, 1.807) is 12.1 Å². The van der Waals surface area contributed by atoms with Crippen LogP contribution in [0.5, 0.6) is 0 Å². The molecule has 5 nitrogen and oxygen atoms in total. The van der Waals surface area contributed by atoms with Crippen molar-refractivity contribution in [1.82, 2.24) is 4.90 Å². The van der Waals surface area contributed by atoms with E-state index in [2.05, 4.69) is 0 Å². The quantitative estimate of drug-likeness (QED) is 0.897. The summed E-state index contributed by atoms with van der Waals surface area (Å²) in [6, 6.07) is 6.34. The first kappa shape index (κ1) is 15.5. The molecule has 0 aliphatic carbocycles. The average molecular weight is 323 g/mol. The van der Waals surface area contributed by atoms with Crippen molar-refractivity contribution < 1.29 is 18.3 Å². The molecule has 2 heterocycles. The van der Waals surface area contributed by atoms with E-state index in [-0.39, 0.29) is 29.0 Å². The highest BCUT2D eigenvalue weighted by Gasteiger charge is 2.40. The van der Waals surface area contributed by atoms with Crippen LogP contribution in [0.2, 0.25) is 0 Å². The van der Waals surface area contributed by atoms with Crippen molar-refractivity contribution in [1.29, 1.82) is 0 Å². The molecule has 1 N–H and O–H groups in total. The lowest BCUT2D eigenvalue weighted by Crippen LogP contribution is -2.55. The second kappa shape index (κ2) is 5.66. The number of nitrogens with zero attached hydrogens (tertiary/aromatic N) is 1. The van der Waals surface area contributed by atoms with Gasteiger partial charge in [-0.3, -0.25) is 4.79 Å². The molecule has 1 aromatic rings. The summed E-state index contributed by atoms with van der Waals surface area (Å²) in [4.78, 5) is 14.9. The number of sulfone groups is 1. The third-order valence-electron chi connectivity index (χ3n) is 4.71. The maximum Gasteiger partial charge on any atom is 0.254 e. The molecule has 0 saturated carbocycles.